The van der Waals surface area contributed by atoms with Crippen LogP contribution in [0.5, 0.6) is 0 Å². The maximum atomic E-state index is 11.5. The number of ether oxygens (including phenoxy) is 2. The Hall–Kier alpha value is -0.930. The summed E-state index contributed by atoms with van der Waals surface area (Å²) in [5.74, 6) is -0.573. The zero-order valence-electron chi connectivity index (χ0n) is 17.2. The predicted octanol–water partition coefficient (Wildman–Crippen LogP) is -2.96. The lowest BCUT2D eigenvalue weighted by molar-refractivity contribution is -0.386. The summed E-state index contributed by atoms with van der Waals surface area (Å²) in [6, 6.07) is -1.80. The van der Waals surface area contributed by atoms with Gasteiger partial charge < -0.3 is 51.3 Å². The molecule has 9 N–H and O–H groups in total. The first kappa shape index (κ1) is 26.1. The van der Waals surface area contributed by atoms with Crippen molar-refractivity contribution < 1.29 is 45.0 Å². The molecule has 0 aromatic carbocycles. The van der Waals surface area contributed by atoms with Gasteiger partial charge in [0.1, 0.15) is 18.2 Å². The maximum Gasteiger partial charge on any atom is 0.217 e. The Bertz CT molecular complexity index is 519. The van der Waals surface area contributed by atoms with Gasteiger partial charge >= 0.3 is 0 Å². The fourth-order valence-electron chi connectivity index (χ4n) is 2.84. The molecule has 0 aromatic heterocycles. The Morgan fingerprint density at radius 1 is 1.28 bits per heavy atom. The molecule has 1 amide bonds. The van der Waals surface area contributed by atoms with Crippen molar-refractivity contribution in [3.05, 3.63) is 0 Å². The Morgan fingerprint density at radius 3 is 2.31 bits per heavy atom. The summed E-state index contributed by atoms with van der Waals surface area (Å²) in [7, 11) is 0. The fourth-order valence-corrected chi connectivity index (χ4v) is 2.84. The molecule has 1 saturated heterocycles. The number of nitrogens with one attached hydrogen (secondary N) is 1. The van der Waals surface area contributed by atoms with Crippen molar-refractivity contribution in [3.8, 4) is 0 Å². The van der Waals surface area contributed by atoms with Gasteiger partial charge in [-0.15, -0.1) is 5.06 Å². The van der Waals surface area contributed by atoms with E-state index in [1.807, 2.05) is 20.8 Å². The van der Waals surface area contributed by atoms with Crippen molar-refractivity contribution >= 4 is 5.91 Å². The average Bonchev–Trinajstić information content (AvgIpc) is 2.63. The quantitative estimate of drug-likeness (QED) is 0.188. The molecule has 0 saturated carbocycles. The van der Waals surface area contributed by atoms with Gasteiger partial charge in [0, 0.05) is 13.0 Å². The smallest absolute Gasteiger partial charge is 0.217 e. The normalized spacial score (nSPS) is 30.4. The number of rotatable bonds is 9. The van der Waals surface area contributed by atoms with E-state index in [1.54, 1.807) is 0 Å². The molecule has 1 aliphatic rings. The Labute approximate surface area is 169 Å². The van der Waals surface area contributed by atoms with E-state index in [2.05, 4.69) is 5.32 Å². The van der Waals surface area contributed by atoms with Crippen LogP contribution < -0.4 is 11.1 Å². The van der Waals surface area contributed by atoms with Crippen molar-refractivity contribution in [1.29, 1.82) is 0 Å². The zero-order chi connectivity index (χ0) is 22.5. The summed E-state index contributed by atoms with van der Waals surface area (Å²) in [5.41, 5.74) is 5.72. The number of nitrogens with two attached hydrogens (primary N) is 1. The number of nitrogens with zero attached hydrogens (tertiary/aromatic N) is 1. The van der Waals surface area contributed by atoms with Gasteiger partial charge in [0.15, 0.2) is 18.7 Å². The summed E-state index contributed by atoms with van der Waals surface area (Å²) in [4.78, 5) is 11.5. The molecule has 1 aliphatic heterocycles. The molecule has 12 nitrogen and oxygen atoms in total. The van der Waals surface area contributed by atoms with E-state index in [0.29, 0.717) is 5.06 Å². The molecule has 0 spiro atoms. The minimum absolute atomic E-state index is 0.0147. The number of amides is 1. The van der Waals surface area contributed by atoms with Gasteiger partial charge in [0.05, 0.1) is 19.3 Å². The molecule has 1 rings (SSSR count). The second-order valence-corrected chi connectivity index (χ2v) is 8.29. The molecule has 0 aromatic rings. The van der Waals surface area contributed by atoms with Crippen molar-refractivity contribution in [2.75, 3.05) is 13.2 Å². The van der Waals surface area contributed by atoms with Crippen molar-refractivity contribution in [2.24, 2.45) is 11.1 Å². The Balaban J connectivity index is 3.07. The zero-order valence-corrected chi connectivity index (χ0v) is 17.2. The third kappa shape index (κ3) is 7.07. The summed E-state index contributed by atoms with van der Waals surface area (Å²) in [6.45, 7) is 5.32. The number of aliphatic hydroxyl groups is 5. The molecule has 0 bridgehead atoms. The lowest BCUT2D eigenvalue weighted by Crippen LogP contribution is -2.67. The maximum absolute atomic E-state index is 11.5. The third-order valence-corrected chi connectivity index (χ3v) is 4.84. The van der Waals surface area contributed by atoms with E-state index in [1.165, 1.54) is 6.92 Å². The van der Waals surface area contributed by atoms with Gasteiger partial charge in [0.25, 0.3) is 0 Å². The van der Waals surface area contributed by atoms with Crippen molar-refractivity contribution in [3.63, 3.8) is 0 Å². The van der Waals surface area contributed by atoms with Gasteiger partial charge in [-0.1, -0.05) is 20.8 Å². The van der Waals surface area contributed by atoms with Crippen LogP contribution in [0.25, 0.3) is 0 Å². The van der Waals surface area contributed by atoms with E-state index in [-0.39, 0.29) is 11.8 Å². The largest absolute Gasteiger partial charge is 0.394 e. The molecule has 8 atom stereocenters. The highest BCUT2D eigenvalue weighted by molar-refractivity contribution is 5.73. The van der Waals surface area contributed by atoms with Crippen LogP contribution in [0.15, 0.2) is 0 Å². The molecule has 1 heterocycles. The Kier molecular flexibility index (Phi) is 9.82. The van der Waals surface area contributed by atoms with E-state index >= 15 is 0 Å². The highest BCUT2D eigenvalue weighted by Crippen LogP contribution is 2.26. The van der Waals surface area contributed by atoms with Crippen molar-refractivity contribution in [1.82, 2.24) is 10.4 Å². The van der Waals surface area contributed by atoms with Crippen LogP contribution in [0.2, 0.25) is 0 Å². The monoisotopic (exact) mass is 425 g/mol. The van der Waals surface area contributed by atoms with E-state index in [9.17, 15) is 35.5 Å². The van der Waals surface area contributed by atoms with Crippen molar-refractivity contribution in [2.45, 2.75) is 83.3 Å². The number of hydrogen-bond acceptors (Lipinski definition) is 11. The number of carbonyl (C=O) groups excluding carboxylic acids is 1. The van der Waals surface area contributed by atoms with Gasteiger partial charge in [0.2, 0.25) is 5.91 Å². The van der Waals surface area contributed by atoms with Crippen LogP contribution in [0.1, 0.15) is 34.1 Å². The van der Waals surface area contributed by atoms with Crippen LogP contribution >= 0.6 is 0 Å². The van der Waals surface area contributed by atoms with Gasteiger partial charge in [-0.05, 0) is 11.8 Å². The van der Waals surface area contributed by atoms with Crippen LogP contribution in [0.3, 0.4) is 0 Å². The molecular weight excluding hydrogens is 390 g/mol. The lowest BCUT2D eigenvalue weighted by atomic mass is 9.83. The fraction of sp³-hybridized carbons (Fsp3) is 0.941. The molecule has 12 heteroatoms. The molecule has 172 valence electrons. The second-order valence-electron chi connectivity index (χ2n) is 8.29. The summed E-state index contributed by atoms with van der Waals surface area (Å²) >= 11 is 0. The van der Waals surface area contributed by atoms with Crippen LogP contribution in [-0.2, 0) is 14.3 Å². The van der Waals surface area contributed by atoms with E-state index in [4.69, 9.17) is 15.2 Å². The number of carbonyl (C=O) groups is 1. The first-order valence-electron chi connectivity index (χ1n) is 9.40. The second kappa shape index (κ2) is 10.9. The third-order valence-electron chi connectivity index (χ3n) is 4.84. The molecule has 1 fully saturated rings. The van der Waals surface area contributed by atoms with Gasteiger partial charge in [-0.2, -0.15) is 0 Å². The Morgan fingerprint density at radius 2 is 1.86 bits per heavy atom. The average molecular weight is 425 g/mol. The molecule has 29 heavy (non-hydrogen) atoms. The van der Waals surface area contributed by atoms with Crippen LogP contribution in [0, 0.1) is 5.41 Å². The standard InChI is InChI=1S/C17H35N3O9/c1-8(23)19-13-15(26)20(27)12(7-22)28-16(13)29-14(10(25)6-21)9(24)5-11(18)17(2,3)4/h9-16,21-22,24-27H,5-7,18H2,1-4H3,(H,19,23)/t9?,10-,11?,12?,13?,14?,15-,16?/m0/s1. The molecule has 0 aliphatic carbocycles. The summed E-state index contributed by atoms with van der Waals surface area (Å²) in [5, 5.41) is 62.2. The minimum atomic E-state index is -1.71. The van der Waals surface area contributed by atoms with Gasteiger partial charge in [-0.3, -0.25) is 4.79 Å². The highest BCUT2D eigenvalue weighted by atomic mass is 16.7. The molecule has 6 unspecified atom stereocenters. The number of hydroxylamine groups is 2. The number of aliphatic hydroxyl groups excluding tert-OH is 5. The molecule has 0 radical (unpaired) electrons. The minimum Gasteiger partial charge on any atom is -0.394 e. The first-order chi connectivity index (χ1) is 13.3. The summed E-state index contributed by atoms with van der Waals surface area (Å²) in [6.07, 6.45) is -8.81. The van der Waals surface area contributed by atoms with Crippen LogP contribution in [0.4, 0.5) is 0 Å². The van der Waals surface area contributed by atoms with Crippen LogP contribution in [-0.4, -0.2) is 104 Å². The number of hydrogen-bond donors (Lipinski definition) is 8. The highest BCUT2D eigenvalue weighted by Gasteiger charge is 2.46. The first-order valence-corrected chi connectivity index (χ1v) is 9.40. The van der Waals surface area contributed by atoms with E-state index < -0.39 is 68.3 Å². The molecular formula is C17H35N3O9. The van der Waals surface area contributed by atoms with E-state index in [0.717, 1.165) is 0 Å². The van der Waals surface area contributed by atoms with Gasteiger partial charge in [-0.25, -0.2) is 0 Å². The predicted molar refractivity (Wildman–Crippen MR) is 99.0 cm³/mol. The lowest BCUT2D eigenvalue weighted by Gasteiger charge is -2.45. The summed E-state index contributed by atoms with van der Waals surface area (Å²) < 4.78 is 11.0. The SMILES string of the molecule is CC(=O)NC1C(OC(C(O)CC(N)C(C)(C)C)[C@@H](O)CO)OC(CO)N(O)[C@H]1O. The topological polar surface area (TPSA) is 198 Å².